The summed E-state index contributed by atoms with van der Waals surface area (Å²) in [5.41, 5.74) is 3.92. The lowest BCUT2D eigenvalue weighted by atomic mass is 10.1. The van der Waals surface area contributed by atoms with Crippen molar-refractivity contribution in [2.75, 3.05) is 41.4 Å². The molecule has 36 heavy (non-hydrogen) atoms. The Hall–Kier alpha value is -4.10. The van der Waals surface area contributed by atoms with Crippen molar-refractivity contribution in [3.05, 3.63) is 96.2 Å². The quantitative estimate of drug-likeness (QED) is 0.325. The first-order valence-corrected chi connectivity index (χ1v) is 11.9. The molecule has 186 valence electrons. The molecule has 1 aromatic heterocycles. The molecule has 7 nitrogen and oxygen atoms in total. The highest BCUT2D eigenvalue weighted by Gasteiger charge is 2.23. The highest BCUT2D eigenvalue weighted by atomic mass is 16.5. The lowest BCUT2D eigenvalue weighted by Gasteiger charge is -2.25. The van der Waals surface area contributed by atoms with Gasteiger partial charge >= 0.3 is 0 Å². The molecule has 0 N–H and O–H groups in total. The predicted molar refractivity (Wildman–Crippen MR) is 142 cm³/mol. The van der Waals surface area contributed by atoms with E-state index in [-0.39, 0.29) is 5.91 Å². The third-order valence-electron chi connectivity index (χ3n) is 5.93. The molecule has 0 fully saturated rings. The number of hydrogen-bond donors (Lipinski definition) is 0. The number of nitrogens with zero attached hydrogens (tertiary/aromatic N) is 4. The minimum Gasteiger partial charge on any atom is -0.497 e. The monoisotopic (exact) mass is 484 g/mol. The molecule has 0 aliphatic rings. The molecule has 0 saturated heterocycles. The molecule has 4 rings (SSSR count). The first kappa shape index (κ1) is 25.0. The van der Waals surface area contributed by atoms with Gasteiger partial charge in [0.2, 0.25) is 0 Å². The molecule has 1 heterocycles. The first-order valence-electron chi connectivity index (χ1n) is 11.9. The van der Waals surface area contributed by atoms with Gasteiger partial charge < -0.3 is 19.3 Å². The van der Waals surface area contributed by atoms with Crippen molar-refractivity contribution in [2.24, 2.45) is 0 Å². The van der Waals surface area contributed by atoms with Crippen LogP contribution in [0.5, 0.6) is 11.5 Å². The maximum absolute atomic E-state index is 14.0. The topological polar surface area (TPSA) is 59.8 Å². The van der Waals surface area contributed by atoms with E-state index in [4.69, 9.17) is 14.6 Å². The molecule has 0 unspecified atom stereocenters. The van der Waals surface area contributed by atoms with E-state index < -0.39 is 0 Å². The number of benzene rings is 3. The van der Waals surface area contributed by atoms with E-state index in [2.05, 4.69) is 4.90 Å². The summed E-state index contributed by atoms with van der Waals surface area (Å²) in [6.45, 7) is 1.84. The van der Waals surface area contributed by atoms with Crippen LogP contribution in [-0.2, 0) is 6.54 Å². The van der Waals surface area contributed by atoms with E-state index in [9.17, 15) is 4.79 Å². The molecule has 0 saturated carbocycles. The van der Waals surface area contributed by atoms with E-state index in [0.29, 0.717) is 24.5 Å². The molecule has 4 aromatic rings. The van der Waals surface area contributed by atoms with Gasteiger partial charge in [-0.15, -0.1) is 0 Å². The summed E-state index contributed by atoms with van der Waals surface area (Å²) in [6, 6.07) is 27.1. The van der Waals surface area contributed by atoms with Gasteiger partial charge in [-0.1, -0.05) is 42.5 Å². The van der Waals surface area contributed by atoms with Crippen LogP contribution in [0.1, 0.15) is 16.1 Å². The van der Waals surface area contributed by atoms with Crippen molar-refractivity contribution in [3.8, 4) is 28.4 Å². The van der Waals surface area contributed by atoms with Crippen molar-refractivity contribution >= 4 is 5.91 Å². The number of ether oxygens (including phenoxy) is 2. The van der Waals surface area contributed by atoms with E-state index in [0.717, 1.165) is 34.9 Å². The van der Waals surface area contributed by atoms with Crippen molar-refractivity contribution in [3.63, 3.8) is 0 Å². The van der Waals surface area contributed by atoms with Crippen LogP contribution in [0, 0.1) is 0 Å². The van der Waals surface area contributed by atoms with Crippen LogP contribution < -0.4 is 9.47 Å². The normalized spacial score (nSPS) is 10.9. The maximum Gasteiger partial charge on any atom is 0.272 e. The van der Waals surface area contributed by atoms with Crippen LogP contribution in [-0.4, -0.2) is 66.9 Å². The van der Waals surface area contributed by atoms with Crippen molar-refractivity contribution in [1.29, 1.82) is 0 Å². The largest absolute Gasteiger partial charge is 0.497 e. The number of aromatic nitrogens is 2. The summed E-state index contributed by atoms with van der Waals surface area (Å²) >= 11 is 0. The minimum atomic E-state index is -0.0850. The van der Waals surface area contributed by atoms with Gasteiger partial charge in [0.15, 0.2) is 0 Å². The summed E-state index contributed by atoms with van der Waals surface area (Å²) < 4.78 is 12.4. The highest BCUT2D eigenvalue weighted by Crippen LogP contribution is 2.27. The summed E-state index contributed by atoms with van der Waals surface area (Å²) in [6.07, 6.45) is 0. The molecule has 7 heteroatoms. The summed E-state index contributed by atoms with van der Waals surface area (Å²) in [5, 5.41) is 4.85. The highest BCUT2D eigenvalue weighted by molar-refractivity contribution is 5.94. The summed E-state index contributed by atoms with van der Waals surface area (Å²) in [4.78, 5) is 18.0. The lowest BCUT2D eigenvalue weighted by molar-refractivity contribution is 0.0722. The Morgan fingerprint density at radius 3 is 2.22 bits per heavy atom. The van der Waals surface area contributed by atoms with Gasteiger partial charge in [-0.05, 0) is 62.1 Å². The SMILES string of the molecule is COc1ccc(-n2nc(-c3cccc(OC)c3)cc2C(=O)N(CCN(C)C)Cc2ccccc2)cc1. The van der Waals surface area contributed by atoms with Gasteiger partial charge in [-0.3, -0.25) is 4.79 Å². The molecule has 0 atom stereocenters. The second-order valence-corrected chi connectivity index (χ2v) is 8.77. The standard InChI is InChI=1S/C29H32N4O3/c1-31(2)17-18-32(21-22-9-6-5-7-10-22)29(34)28-20-27(23-11-8-12-26(19-23)36-4)30-33(28)24-13-15-25(35-3)16-14-24/h5-16,19-20H,17-18,21H2,1-4H3. The second kappa shape index (κ2) is 11.6. The third-order valence-corrected chi connectivity index (χ3v) is 5.93. The van der Waals surface area contributed by atoms with Crippen LogP contribution in [0.2, 0.25) is 0 Å². The summed E-state index contributed by atoms with van der Waals surface area (Å²) in [7, 11) is 7.28. The van der Waals surface area contributed by atoms with Crippen molar-refractivity contribution < 1.29 is 14.3 Å². The van der Waals surface area contributed by atoms with Crippen molar-refractivity contribution in [1.82, 2.24) is 19.6 Å². The Balaban J connectivity index is 1.77. The summed E-state index contributed by atoms with van der Waals surface area (Å²) in [5.74, 6) is 1.39. The molecule has 0 aliphatic heterocycles. The van der Waals surface area contributed by atoms with E-state index in [1.165, 1.54) is 0 Å². The number of amides is 1. The van der Waals surface area contributed by atoms with Crippen LogP contribution >= 0.6 is 0 Å². The Labute approximate surface area is 212 Å². The zero-order valence-electron chi connectivity index (χ0n) is 21.2. The number of likely N-dealkylation sites (N-methyl/N-ethyl adjacent to an activating group) is 1. The number of hydrogen-bond acceptors (Lipinski definition) is 5. The molecule has 1 amide bonds. The molecular formula is C29H32N4O3. The van der Waals surface area contributed by atoms with Gasteiger partial charge in [-0.25, -0.2) is 4.68 Å². The zero-order chi connectivity index (χ0) is 25.5. The van der Waals surface area contributed by atoms with Crippen LogP contribution in [0.15, 0.2) is 84.9 Å². The van der Waals surface area contributed by atoms with Crippen molar-refractivity contribution in [2.45, 2.75) is 6.54 Å². The second-order valence-electron chi connectivity index (χ2n) is 8.77. The average Bonchev–Trinajstić information content (AvgIpc) is 3.37. The Bertz CT molecular complexity index is 1280. The maximum atomic E-state index is 14.0. The van der Waals surface area contributed by atoms with Crippen LogP contribution in [0.4, 0.5) is 0 Å². The molecule has 3 aromatic carbocycles. The fourth-order valence-electron chi connectivity index (χ4n) is 3.92. The molecular weight excluding hydrogens is 452 g/mol. The fraction of sp³-hybridized carbons (Fsp3) is 0.241. The third kappa shape index (κ3) is 5.93. The Morgan fingerprint density at radius 2 is 1.56 bits per heavy atom. The number of rotatable bonds is 10. The van der Waals surface area contributed by atoms with E-state index in [1.54, 1.807) is 18.9 Å². The van der Waals surface area contributed by atoms with Gasteiger partial charge in [-0.2, -0.15) is 5.10 Å². The Morgan fingerprint density at radius 1 is 0.833 bits per heavy atom. The first-order chi connectivity index (χ1) is 17.5. The van der Waals surface area contributed by atoms with Gasteiger partial charge in [0, 0.05) is 25.2 Å². The molecule has 0 bridgehead atoms. The van der Waals surface area contributed by atoms with Crippen LogP contribution in [0.3, 0.4) is 0 Å². The average molecular weight is 485 g/mol. The predicted octanol–water partition coefficient (Wildman–Crippen LogP) is 4.76. The van der Waals surface area contributed by atoms with E-state index in [1.807, 2.05) is 104 Å². The molecule has 0 radical (unpaired) electrons. The lowest BCUT2D eigenvalue weighted by Crippen LogP contribution is -2.37. The van der Waals surface area contributed by atoms with Gasteiger partial charge in [0.25, 0.3) is 5.91 Å². The Kier molecular flexibility index (Phi) is 8.02. The smallest absolute Gasteiger partial charge is 0.272 e. The molecule has 0 spiro atoms. The van der Waals surface area contributed by atoms with E-state index >= 15 is 0 Å². The molecule has 0 aliphatic carbocycles. The fourth-order valence-corrected chi connectivity index (χ4v) is 3.92. The zero-order valence-corrected chi connectivity index (χ0v) is 21.2. The van der Waals surface area contributed by atoms with Crippen LogP contribution in [0.25, 0.3) is 16.9 Å². The number of methoxy groups -OCH3 is 2. The number of carbonyl (C=O) groups excluding carboxylic acids is 1. The van der Waals surface area contributed by atoms with Gasteiger partial charge in [0.05, 0.1) is 25.6 Å². The van der Waals surface area contributed by atoms with Gasteiger partial charge in [0.1, 0.15) is 17.2 Å². The minimum absolute atomic E-state index is 0.0850. The number of carbonyl (C=O) groups is 1.